The normalized spacial score (nSPS) is 10.2. The van der Waals surface area contributed by atoms with Crippen LogP contribution in [0.5, 0.6) is 0 Å². The van der Waals surface area contributed by atoms with Crippen molar-refractivity contribution >= 4 is 23.3 Å². The van der Waals surface area contributed by atoms with Crippen LogP contribution in [-0.2, 0) is 0 Å². The third-order valence-corrected chi connectivity index (χ3v) is 3.46. The summed E-state index contributed by atoms with van der Waals surface area (Å²) >= 11 is 0. The Morgan fingerprint density at radius 3 is 2.39 bits per heavy atom. The van der Waals surface area contributed by atoms with Gasteiger partial charge >= 0.3 is 5.97 Å². The average Bonchev–Trinajstić information content (AvgIpc) is 2.50. The van der Waals surface area contributed by atoms with Crippen molar-refractivity contribution in [2.75, 3.05) is 5.32 Å². The minimum Gasteiger partial charge on any atom is -0.478 e. The van der Waals surface area contributed by atoms with Crippen LogP contribution in [0.3, 0.4) is 0 Å². The highest BCUT2D eigenvalue weighted by atomic mass is 16.6. The number of carboxylic acids is 1. The lowest BCUT2D eigenvalue weighted by Crippen LogP contribution is -2.18. The number of rotatable bonds is 4. The number of benzene rings is 2. The molecule has 2 aromatic rings. The van der Waals surface area contributed by atoms with Crippen LogP contribution in [0.1, 0.15) is 31.8 Å². The van der Waals surface area contributed by atoms with Gasteiger partial charge in [0.05, 0.1) is 10.5 Å². The minimum atomic E-state index is -1.40. The lowest BCUT2D eigenvalue weighted by molar-refractivity contribution is -0.385. The first-order valence-corrected chi connectivity index (χ1v) is 6.70. The first-order chi connectivity index (χ1) is 10.8. The molecule has 0 aromatic heterocycles. The van der Waals surface area contributed by atoms with Gasteiger partial charge in [0.15, 0.2) is 0 Å². The number of nitro groups is 1. The molecule has 0 spiro atoms. The van der Waals surface area contributed by atoms with Crippen LogP contribution < -0.4 is 5.32 Å². The molecule has 0 radical (unpaired) electrons. The van der Waals surface area contributed by atoms with E-state index in [0.29, 0.717) is 5.69 Å². The summed E-state index contributed by atoms with van der Waals surface area (Å²) in [7, 11) is 0. The van der Waals surface area contributed by atoms with E-state index in [0.717, 1.165) is 23.3 Å². The van der Waals surface area contributed by atoms with Gasteiger partial charge in [-0.2, -0.15) is 0 Å². The molecule has 7 heteroatoms. The van der Waals surface area contributed by atoms with Gasteiger partial charge in [0.1, 0.15) is 5.56 Å². The van der Waals surface area contributed by atoms with Gasteiger partial charge in [-0.3, -0.25) is 14.9 Å². The third kappa shape index (κ3) is 3.34. The molecule has 0 aliphatic rings. The molecule has 0 saturated heterocycles. The number of carbonyl (C=O) groups excluding carboxylic acids is 1. The number of carbonyl (C=O) groups is 2. The van der Waals surface area contributed by atoms with E-state index in [1.54, 1.807) is 18.2 Å². The molecule has 2 rings (SSSR count). The number of nitrogens with one attached hydrogen (secondary N) is 1. The predicted molar refractivity (Wildman–Crippen MR) is 83.9 cm³/mol. The summed E-state index contributed by atoms with van der Waals surface area (Å²) in [4.78, 5) is 33.9. The summed E-state index contributed by atoms with van der Waals surface area (Å²) in [5.74, 6) is -2.24. The molecular weight excluding hydrogens is 300 g/mol. The van der Waals surface area contributed by atoms with Crippen LogP contribution in [0.15, 0.2) is 36.4 Å². The van der Waals surface area contributed by atoms with E-state index >= 15 is 0 Å². The monoisotopic (exact) mass is 314 g/mol. The van der Waals surface area contributed by atoms with E-state index in [2.05, 4.69) is 5.32 Å². The van der Waals surface area contributed by atoms with Gasteiger partial charge < -0.3 is 10.4 Å². The second-order valence-electron chi connectivity index (χ2n) is 5.02. The second-order valence-corrected chi connectivity index (χ2v) is 5.02. The number of anilines is 1. The molecule has 0 fully saturated rings. The fraction of sp³-hybridized carbons (Fsp3) is 0.125. The number of hydrogen-bond donors (Lipinski definition) is 2. The molecule has 0 unspecified atom stereocenters. The Morgan fingerprint density at radius 2 is 1.83 bits per heavy atom. The van der Waals surface area contributed by atoms with Gasteiger partial charge in [-0.15, -0.1) is 0 Å². The smallest absolute Gasteiger partial charge is 0.336 e. The standard InChI is InChI=1S/C16H14N2O5/c1-9-6-7-11(8-10(9)2)17-15(19)14-12(16(20)21)4-3-5-13(14)18(22)23/h3-8H,1-2H3,(H,17,19)(H,20,21). The SMILES string of the molecule is Cc1ccc(NC(=O)c2c(C(=O)O)cccc2[N+](=O)[O-])cc1C. The minimum absolute atomic E-state index is 0.416. The Bertz CT molecular complexity index is 782. The molecule has 2 N–H and O–H groups in total. The Hall–Kier alpha value is -3.22. The highest BCUT2D eigenvalue weighted by Crippen LogP contribution is 2.24. The lowest BCUT2D eigenvalue weighted by atomic mass is 10.0. The van der Waals surface area contributed by atoms with Crippen molar-refractivity contribution in [3.05, 3.63) is 68.8 Å². The third-order valence-electron chi connectivity index (χ3n) is 3.46. The molecule has 0 aliphatic carbocycles. The summed E-state index contributed by atoms with van der Waals surface area (Å²) in [6, 6.07) is 8.64. The van der Waals surface area contributed by atoms with Crippen molar-refractivity contribution < 1.29 is 19.6 Å². The van der Waals surface area contributed by atoms with E-state index in [1.807, 2.05) is 13.8 Å². The van der Waals surface area contributed by atoms with Crippen LogP contribution >= 0.6 is 0 Å². The zero-order valence-corrected chi connectivity index (χ0v) is 12.5. The predicted octanol–water partition coefficient (Wildman–Crippen LogP) is 3.16. The van der Waals surface area contributed by atoms with E-state index in [1.165, 1.54) is 6.07 Å². The van der Waals surface area contributed by atoms with Crippen LogP contribution in [0.25, 0.3) is 0 Å². The summed E-state index contributed by atoms with van der Waals surface area (Å²) < 4.78 is 0. The Kier molecular flexibility index (Phi) is 4.40. The van der Waals surface area contributed by atoms with E-state index in [9.17, 15) is 19.7 Å². The second kappa shape index (κ2) is 6.27. The Balaban J connectivity index is 2.47. The highest BCUT2D eigenvalue weighted by molar-refractivity contribution is 6.13. The Labute approximate surface area is 131 Å². The van der Waals surface area contributed by atoms with Crippen LogP contribution in [-0.4, -0.2) is 21.9 Å². The topological polar surface area (TPSA) is 110 Å². The zero-order chi connectivity index (χ0) is 17.1. The van der Waals surface area contributed by atoms with Crippen LogP contribution in [0.2, 0.25) is 0 Å². The number of nitrogens with zero attached hydrogens (tertiary/aromatic N) is 1. The van der Waals surface area contributed by atoms with Crippen molar-refractivity contribution in [2.45, 2.75) is 13.8 Å². The summed E-state index contributed by atoms with van der Waals surface area (Å²) in [6.07, 6.45) is 0. The molecule has 7 nitrogen and oxygen atoms in total. The average molecular weight is 314 g/mol. The van der Waals surface area contributed by atoms with Crippen molar-refractivity contribution in [2.24, 2.45) is 0 Å². The fourth-order valence-corrected chi connectivity index (χ4v) is 2.12. The van der Waals surface area contributed by atoms with E-state index in [4.69, 9.17) is 5.11 Å². The van der Waals surface area contributed by atoms with Gasteiger partial charge in [-0.25, -0.2) is 4.79 Å². The van der Waals surface area contributed by atoms with Gasteiger partial charge in [-0.1, -0.05) is 12.1 Å². The first kappa shape index (κ1) is 16.2. The van der Waals surface area contributed by atoms with Crippen LogP contribution in [0, 0.1) is 24.0 Å². The molecule has 23 heavy (non-hydrogen) atoms. The molecule has 118 valence electrons. The maximum atomic E-state index is 12.4. The quantitative estimate of drug-likeness (QED) is 0.665. The Morgan fingerprint density at radius 1 is 1.13 bits per heavy atom. The van der Waals surface area contributed by atoms with Gasteiger partial charge in [0.2, 0.25) is 0 Å². The summed E-state index contributed by atoms with van der Waals surface area (Å²) in [5.41, 5.74) is 0.964. The lowest BCUT2D eigenvalue weighted by Gasteiger charge is -2.10. The van der Waals surface area contributed by atoms with E-state index in [-0.39, 0.29) is 0 Å². The molecule has 0 heterocycles. The molecule has 0 bridgehead atoms. The summed E-state index contributed by atoms with van der Waals surface area (Å²) in [6.45, 7) is 3.77. The van der Waals surface area contributed by atoms with Gasteiger partial charge in [-0.05, 0) is 43.2 Å². The molecule has 1 amide bonds. The maximum absolute atomic E-state index is 12.4. The number of nitro benzene ring substituents is 1. The summed E-state index contributed by atoms with van der Waals surface area (Å²) in [5, 5.41) is 22.8. The number of amides is 1. The van der Waals surface area contributed by atoms with Gasteiger partial charge in [0, 0.05) is 11.8 Å². The van der Waals surface area contributed by atoms with Crippen molar-refractivity contribution in [3.8, 4) is 0 Å². The van der Waals surface area contributed by atoms with Crippen LogP contribution in [0.4, 0.5) is 11.4 Å². The molecular formula is C16H14N2O5. The first-order valence-electron chi connectivity index (χ1n) is 6.70. The van der Waals surface area contributed by atoms with Crippen molar-refractivity contribution in [1.29, 1.82) is 0 Å². The number of hydrogen-bond acceptors (Lipinski definition) is 4. The van der Waals surface area contributed by atoms with Crippen molar-refractivity contribution in [1.82, 2.24) is 0 Å². The maximum Gasteiger partial charge on any atom is 0.336 e. The highest BCUT2D eigenvalue weighted by Gasteiger charge is 2.27. The number of aryl methyl sites for hydroxylation is 2. The fourth-order valence-electron chi connectivity index (χ4n) is 2.12. The molecule has 0 atom stereocenters. The van der Waals surface area contributed by atoms with Gasteiger partial charge in [0.25, 0.3) is 11.6 Å². The molecule has 2 aromatic carbocycles. The molecule has 0 saturated carbocycles. The zero-order valence-electron chi connectivity index (χ0n) is 12.5. The molecule has 0 aliphatic heterocycles. The van der Waals surface area contributed by atoms with E-state index < -0.39 is 33.6 Å². The number of carboxylic acid groups (broad SMARTS) is 1. The largest absolute Gasteiger partial charge is 0.478 e. The van der Waals surface area contributed by atoms with Crippen molar-refractivity contribution in [3.63, 3.8) is 0 Å². The number of aromatic carboxylic acids is 1.